The first kappa shape index (κ1) is 47.6. The number of carbonyl (C=O) groups excluding carboxylic acids is 1. The van der Waals surface area contributed by atoms with Crippen molar-refractivity contribution in [2.45, 2.75) is 198 Å². The summed E-state index contributed by atoms with van der Waals surface area (Å²) in [5, 5.41) is 64.8. The summed E-state index contributed by atoms with van der Waals surface area (Å²) in [6, 6.07) is -1.53. The number of carboxylic acid groups (broad SMARTS) is 1. The molecule has 0 bridgehead atoms. The molecule has 0 unspecified atom stereocenters. The third-order valence-electron chi connectivity index (χ3n) is 9.61. The summed E-state index contributed by atoms with van der Waals surface area (Å²) in [7, 11) is 0. The fraction of sp³-hybridized carbons (Fsp3) is 0.947. The zero-order chi connectivity index (χ0) is 37.9. The second kappa shape index (κ2) is 29.0. The minimum absolute atomic E-state index is 0.0906. The quantitative estimate of drug-likeness (QED) is 0.0470. The molecule has 0 radical (unpaired) electrons. The van der Waals surface area contributed by atoms with Gasteiger partial charge >= 0.3 is 5.97 Å². The van der Waals surface area contributed by atoms with Crippen LogP contribution in [0.1, 0.15) is 149 Å². The topological polar surface area (TPSA) is 204 Å². The van der Waals surface area contributed by atoms with Gasteiger partial charge in [-0.15, -0.1) is 0 Å². The zero-order valence-corrected chi connectivity index (χ0v) is 31.9. The highest BCUT2D eigenvalue weighted by Gasteiger charge is 2.62. The predicted octanol–water partition coefficient (Wildman–Crippen LogP) is 4.37. The lowest BCUT2D eigenvalue weighted by molar-refractivity contribution is -0.351. The van der Waals surface area contributed by atoms with E-state index in [9.17, 15) is 40.2 Å². The van der Waals surface area contributed by atoms with Gasteiger partial charge in [-0.2, -0.15) is 0 Å². The largest absolute Gasteiger partial charge is 0.477 e. The van der Waals surface area contributed by atoms with E-state index >= 15 is 0 Å². The minimum Gasteiger partial charge on any atom is -0.477 e. The summed E-state index contributed by atoms with van der Waals surface area (Å²) in [5.41, 5.74) is 0. The molecule has 13 heteroatoms. The Labute approximate surface area is 306 Å². The van der Waals surface area contributed by atoms with Crippen molar-refractivity contribution in [3.8, 4) is 0 Å². The molecule has 1 aliphatic rings. The molecule has 8 atom stereocenters. The molecular formula is C38H73NO12. The number of aliphatic carboxylic acids is 1. The molecule has 0 aromatic carbocycles. The Bertz CT molecular complexity index is 882. The Morgan fingerprint density at radius 1 is 0.745 bits per heavy atom. The standard InChI is InChI=1S/C38H73NO12/c1-4-6-8-10-12-14-16-18-20-22-24-48-27-30(49-25-23-21-19-17-15-13-11-9-7-5-2)28-50-38(37(46)47)36(45)34(44)32(39-29(3)41)35(51-38)33(43)31(42)26-40/h30-36,40,42-45H,4-28H2,1-3H3,(H,39,41)(H,46,47)/t30-,31-,32-,33-,34-,35-,36+,38+/m1/s1. The summed E-state index contributed by atoms with van der Waals surface area (Å²) in [4.78, 5) is 24.5. The van der Waals surface area contributed by atoms with E-state index in [-0.39, 0.29) is 6.61 Å². The normalized spacial score (nSPS) is 23.9. The Morgan fingerprint density at radius 2 is 1.22 bits per heavy atom. The number of hydrogen-bond acceptors (Lipinski definition) is 11. The van der Waals surface area contributed by atoms with E-state index < -0.39 is 73.5 Å². The van der Waals surface area contributed by atoms with Gasteiger partial charge < -0.3 is 54.9 Å². The molecule has 0 aromatic rings. The van der Waals surface area contributed by atoms with Crippen molar-refractivity contribution in [2.24, 2.45) is 0 Å². The molecule has 1 aliphatic heterocycles. The molecule has 51 heavy (non-hydrogen) atoms. The maximum absolute atomic E-state index is 12.6. The molecule has 1 heterocycles. The summed E-state index contributed by atoms with van der Waals surface area (Å²) < 4.78 is 23.3. The lowest BCUT2D eigenvalue weighted by atomic mass is 9.86. The van der Waals surface area contributed by atoms with Gasteiger partial charge in [0.15, 0.2) is 0 Å². The van der Waals surface area contributed by atoms with Crippen LogP contribution < -0.4 is 5.32 Å². The number of aliphatic hydroxyl groups excluding tert-OH is 5. The van der Waals surface area contributed by atoms with E-state index in [2.05, 4.69) is 19.2 Å². The third kappa shape index (κ3) is 19.0. The summed E-state index contributed by atoms with van der Waals surface area (Å²) in [5.74, 6) is -5.37. The summed E-state index contributed by atoms with van der Waals surface area (Å²) >= 11 is 0. The first-order valence-electron chi connectivity index (χ1n) is 19.9. The second-order valence-electron chi connectivity index (χ2n) is 14.2. The van der Waals surface area contributed by atoms with Crippen LogP contribution in [0.4, 0.5) is 0 Å². The lowest BCUT2D eigenvalue weighted by Gasteiger charge is -2.49. The number of rotatable bonds is 33. The number of ether oxygens (including phenoxy) is 4. The van der Waals surface area contributed by atoms with Gasteiger partial charge in [0.05, 0.1) is 25.9 Å². The van der Waals surface area contributed by atoms with Crippen molar-refractivity contribution in [3.63, 3.8) is 0 Å². The van der Waals surface area contributed by atoms with Gasteiger partial charge in [0.25, 0.3) is 5.79 Å². The fourth-order valence-corrected chi connectivity index (χ4v) is 6.44. The van der Waals surface area contributed by atoms with E-state index in [0.717, 1.165) is 51.9 Å². The molecule has 1 fully saturated rings. The van der Waals surface area contributed by atoms with Crippen LogP contribution in [0.15, 0.2) is 0 Å². The van der Waals surface area contributed by atoms with Crippen LogP contribution in [0.2, 0.25) is 0 Å². The van der Waals surface area contributed by atoms with E-state index in [1.807, 2.05) is 0 Å². The summed E-state index contributed by atoms with van der Waals surface area (Å²) in [6.45, 7) is 5.19. The van der Waals surface area contributed by atoms with Gasteiger partial charge in [-0.25, -0.2) is 4.79 Å². The highest BCUT2D eigenvalue weighted by atomic mass is 16.7. The van der Waals surface area contributed by atoms with Crippen LogP contribution in [0.25, 0.3) is 0 Å². The van der Waals surface area contributed by atoms with Crippen LogP contribution >= 0.6 is 0 Å². The van der Waals surface area contributed by atoms with Crippen molar-refractivity contribution < 1.29 is 59.2 Å². The number of carboxylic acids is 1. The monoisotopic (exact) mass is 736 g/mol. The first-order chi connectivity index (χ1) is 24.5. The predicted molar refractivity (Wildman–Crippen MR) is 194 cm³/mol. The second-order valence-corrected chi connectivity index (χ2v) is 14.2. The van der Waals surface area contributed by atoms with Crippen LogP contribution in [0, 0.1) is 0 Å². The Hall–Kier alpha value is -1.42. The molecule has 0 aliphatic carbocycles. The van der Waals surface area contributed by atoms with Crippen molar-refractivity contribution in [2.75, 3.05) is 33.0 Å². The molecule has 302 valence electrons. The Morgan fingerprint density at radius 3 is 1.67 bits per heavy atom. The molecule has 0 spiro atoms. The number of aliphatic hydroxyl groups is 5. The van der Waals surface area contributed by atoms with Crippen LogP contribution in [-0.2, 0) is 28.5 Å². The Balaban J connectivity index is 2.82. The van der Waals surface area contributed by atoms with Gasteiger partial charge in [0.1, 0.15) is 36.6 Å². The number of nitrogens with one attached hydrogen (secondary N) is 1. The highest BCUT2D eigenvalue weighted by molar-refractivity contribution is 5.77. The minimum atomic E-state index is -2.90. The molecule has 13 nitrogen and oxygen atoms in total. The van der Waals surface area contributed by atoms with Gasteiger partial charge in [-0.3, -0.25) is 4.79 Å². The van der Waals surface area contributed by atoms with E-state index in [0.29, 0.717) is 13.2 Å². The van der Waals surface area contributed by atoms with Gasteiger partial charge in [0, 0.05) is 20.1 Å². The maximum Gasteiger partial charge on any atom is 0.367 e. The number of amides is 1. The smallest absolute Gasteiger partial charge is 0.367 e. The van der Waals surface area contributed by atoms with Crippen molar-refractivity contribution >= 4 is 11.9 Å². The number of hydrogen-bond donors (Lipinski definition) is 7. The molecule has 1 rings (SSSR count). The SMILES string of the molecule is CCCCCCCCCCCCOC[C@H](CO[C@]1(C(=O)O)O[C@@H]([C@H](O)[C@H](O)CO)[C@H](NC(C)=O)[C@@H](O)[C@@H]1O)OCCCCCCCCCCCC. The maximum atomic E-state index is 12.6. The molecule has 0 saturated carbocycles. The lowest BCUT2D eigenvalue weighted by Crippen LogP contribution is -2.74. The number of unbranched alkanes of at least 4 members (excludes halogenated alkanes) is 18. The van der Waals surface area contributed by atoms with Gasteiger partial charge in [-0.1, -0.05) is 129 Å². The first-order valence-corrected chi connectivity index (χ1v) is 19.9. The van der Waals surface area contributed by atoms with Crippen LogP contribution in [-0.4, -0.2) is 124 Å². The van der Waals surface area contributed by atoms with Crippen molar-refractivity contribution in [1.29, 1.82) is 0 Å². The average Bonchev–Trinajstić information content (AvgIpc) is 3.11. The molecule has 1 saturated heterocycles. The average molecular weight is 736 g/mol. The Kier molecular flexibility index (Phi) is 27.1. The van der Waals surface area contributed by atoms with Crippen molar-refractivity contribution in [1.82, 2.24) is 5.32 Å². The van der Waals surface area contributed by atoms with E-state index in [4.69, 9.17) is 18.9 Å². The molecule has 7 N–H and O–H groups in total. The number of carbonyl (C=O) groups is 2. The highest BCUT2D eigenvalue weighted by Crippen LogP contribution is 2.34. The molecule has 1 amide bonds. The third-order valence-corrected chi connectivity index (χ3v) is 9.61. The van der Waals surface area contributed by atoms with Gasteiger partial charge in [-0.05, 0) is 12.8 Å². The fourth-order valence-electron chi connectivity index (χ4n) is 6.44. The van der Waals surface area contributed by atoms with E-state index in [1.165, 1.54) is 83.5 Å². The van der Waals surface area contributed by atoms with E-state index in [1.54, 1.807) is 0 Å². The van der Waals surface area contributed by atoms with Crippen LogP contribution in [0.3, 0.4) is 0 Å². The molecule has 0 aromatic heterocycles. The van der Waals surface area contributed by atoms with Gasteiger partial charge in [0.2, 0.25) is 5.91 Å². The van der Waals surface area contributed by atoms with Crippen LogP contribution in [0.5, 0.6) is 0 Å². The zero-order valence-electron chi connectivity index (χ0n) is 31.9. The summed E-state index contributed by atoms with van der Waals surface area (Å²) in [6.07, 6.45) is 13.0. The van der Waals surface area contributed by atoms with Crippen molar-refractivity contribution in [3.05, 3.63) is 0 Å². The molecular weight excluding hydrogens is 662 g/mol.